The van der Waals surface area contributed by atoms with Crippen molar-refractivity contribution in [1.82, 2.24) is 0 Å². The number of benzene rings is 4. The first-order valence-electron chi connectivity index (χ1n) is 10.4. The van der Waals surface area contributed by atoms with Crippen molar-refractivity contribution < 1.29 is 24.3 Å². The molecule has 0 aliphatic rings. The Morgan fingerprint density at radius 2 is 1.38 bits per heavy atom. The van der Waals surface area contributed by atoms with Gasteiger partial charge in [-0.05, 0) is 53.6 Å². The van der Waals surface area contributed by atoms with E-state index in [0.717, 1.165) is 0 Å². The number of carbonyl (C=O) groups excluding carboxylic acids is 1. The van der Waals surface area contributed by atoms with Crippen LogP contribution in [0.2, 0.25) is 0 Å². The number of ether oxygens (including phenoxy) is 2. The van der Waals surface area contributed by atoms with Crippen molar-refractivity contribution in [2.45, 2.75) is 0 Å². The molecule has 0 atom stereocenters. The van der Waals surface area contributed by atoms with Crippen molar-refractivity contribution in [1.29, 1.82) is 0 Å². The normalized spacial score (nSPS) is 10.5. The zero-order valence-electron chi connectivity index (χ0n) is 18.5. The molecule has 7 nitrogen and oxygen atoms in total. The van der Waals surface area contributed by atoms with Crippen molar-refractivity contribution in [3.05, 3.63) is 106 Å². The van der Waals surface area contributed by atoms with Gasteiger partial charge in [-0.2, -0.15) is 0 Å². The average molecular weight is 455 g/mol. The van der Waals surface area contributed by atoms with Crippen molar-refractivity contribution >= 4 is 11.5 Å². The van der Waals surface area contributed by atoms with E-state index < -0.39 is 10.7 Å². The molecule has 0 saturated heterocycles. The lowest BCUT2D eigenvalue weighted by Crippen LogP contribution is -2.08. The third-order valence-electron chi connectivity index (χ3n) is 5.50. The van der Waals surface area contributed by atoms with E-state index in [4.69, 9.17) is 9.47 Å². The van der Waals surface area contributed by atoms with E-state index in [1.807, 2.05) is 0 Å². The Bertz CT molecular complexity index is 1350. The molecule has 7 heteroatoms. The van der Waals surface area contributed by atoms with Crippen LogP contribution in [0.5, 0.6) is 17.2 Å². The second kappa shape index (κ2) is 9.46. The maximum atomic E-state index is 13.6. The summed E-state index contributed by atoms with van der Waals surface area (Å²) < 4.78 is 10.4. The highest BCUT2D eigenvalue weighted by Gasteiger charge is 2.31. The van der Waals surface area contributed by atoms with Gasteiger partial charge < -0.3 is 14.6 Å². The van der Waals surface area contributed by atoms with Gasteiger partial charge in [-0.25, -0.2) is 0 Å². The quantitative estimate of drug-likeness (QED) is 0.212. The van der Waals surface area contributed by atoms with Crippen LogP contribution in [-0.4, -0.2) is 30.0 Å². The first kappa shape index (κ1) is 22.5. The number of methoxy groups -OCH3 is 2. The minimum absolute atomic E-state index is 0.0346. The first-order valence-corrected chi connectivity index (χ1v) is 10.4. The fraction of sp³-hybridized carbons (Fsp3) is 0.0741. The van der Waals surface area contributed by atoms with Gasteiger partial charge in [-0.15, -0.1) is 0 Å². The Kier molecular flexibility index (Phi) is 6.27. The summed E-state index contributed by atoms with van der Waals surface area (Å²) in [5.41, 5.74) is 1.02. The van der Waals surface area contributed by atoms with E-state index in [-0.39, 0.29) is 33.7 Å². The minimum Gasteiger partial charge on any atom is -0.507 e. The van der Waals surface area contributed by atoms with Gasteiger partial charge in [-0.3, -0.25) is 14.9 Å². The van der Waals surface area contributed by atoms with Crippen LogP contribution in [0.15, 0.2) is 84.9 Å². The molecule has 1 N–H and O–H groups in total. The van der Waals surface area contributed by atoms with Crippen LogP contribution in [0.1, 0.15) is 15.9 Å². The summed E-state index contributed by atoms with van der Waals surface area (Å²) in [5.74, 6) is 0.212. The van der Waals surface area contributed by atoms with Crippen LogP contribution in [-0.2, 0) is 0 Å². The lowest BCUT2D eigenvalue weighted by atomic mass is 9.87. The Balaban J connectivity index is 2.04. The van der Waals surface area contributed by atoms with Gasteiger partial charge in [0.2, 0.25) is 0 Å². The molecule has 4 rings (SSSR count). The van der Waals surface area contributed by atoms with Gasteiger partial charge >= 0.3 is 0 Å². The zero-order chi connectivity index (χ0) is 24.2. The minimum atomic E-state index is -0.548. The Hall–Kier alpha value is -4.65. The molecule has 170 valence electrons. The number of rotatable bonds is 7. The topological polar surface area (TPSA) is 98.9 Å². The number of nitro groups is 1. The van der Waals surface area contributed by atoms with E-state index in [1.165, 1.54) is 20.3 Å². The van der Waals surface area contributed by atoms with Crippen LogP contribution in [0.25, 0.3) is 22.3 Å². The maximum absolute atomic E-state index is 13.6. The second-order valence-electron chi connectivity index (χ2n) is 7.45. The van der Waals surface area contributed by atoms with Crippen LogP contribution >= 0.6 is 0 Å². The Labute approximate surface area is 196 Å². The van der Waals surface area contributed by atoms with Crippen molar-refractivity contribution in [2.24, 2.45) is 0 Å². The molecule has 0 aliphatic heterocycles. The number of aromatic hydroxyl groups is 1. The number of nitrogens with zero attached hydrogens (tertiary/aromatic N) is 1. The third kappa shape index (κ3) is 4.19. The monoisotopic (exact) mass is 455 g/mol. The van der Waals surface area contributed by atoms with Crippen LogP contribution < -0.4 is 9.47 Å². The fourth-order valence-corrected chi connectivity index (χ4v) is 3.84. The number of ketones is 1. The molecule has 0 spiro atoms. The summed E-state index contributed by atoms with van der Waals surface area (Å²) in [6.45, 7) is 0. The SMILES string of the molecule is COc1ccc(C(=O)c2c(O)cc(-c3ccccc3)c([N+](=O)[O-])c2-c2ccc(OC)cc2)cc1. The van der Waals surface area contributed by atoms with E-state index >= 15 is 0 Å². The zero-order valence-corrected chi connectivity index (χ0v) is 18.5. The molecule has 0 radical (unpaired) electrons. The third-order valence-corrected chi connectivity index (χ3v) is 5.50. The highest BCUT2D eigenvalue weighted by molar-refractivity contribution is 6.17. The molecule has 0 bridgehead atoms. The van der Waals surface area contributed by atoms with Crippen LogP contribution in [0.3, 0.4) is 0 Å². The largest absolute Gasteiger partial charge is 0.507 e. The molecule has 34 heavy (non-hydrogen) atoms. The summed E-state index contributed by atoms with van der Waals surface area (Å²) in [6, 6.07) is 22.9. The highest BCUT2D eigenvalue weighted by Crippen LogP contribution is 2.46. The molecule has 0 fully saturated rings. The summed E-state index contributed by atoms with van der Waals surface area (Å²) in [7, 11) is 3.02. The summed E-state index contributed by atoms with van der Waals surface area (Å²) in [4.78, 5) is 25.4. The molecule has 0 heterocycles. The molecule has 0 amide bonds. The number of phenols is 1. The Morgan fingerprint density at radius 3 is 1.91 bits per heavy atom. The van der Waals surface area contributed by atoms with Crippen molar-refractivity contribution in [3.8, 4) is 39.5 Å². The molecular formula is C27H21NO6. The van der Waals surface area contributed by atoms with Gasteiger partial charge in [0, 0.05) is 5.56 Å². The maximum Gasteiger partial charge on any atom is 0.285 e. The highest BCUT2D eigenvalue weighted by atomic mass is 16.6. The molecule has 0 saturated carbocycles. The van der Waals surface area contributed by atoms with E-state index in [1.54, 1.807) is 78.9 Å². The van der Waals surface area contributed by atoms with Gasteiger partial charge in [-0.1, -0.05) is 42.5 Å². The molecule has 0 unspecified atom stereocenters. The fourth-order valence-electron chi connectivity index (χ4n) is 3.84. The molecule has 4 aromatic rings. The molecule has 0 aliphatic carbocycles. The Morgan fingerprint density at radius 1 is 0.824 bits per heavy atom. The summed E-state index contributed by atoms with van der Waals surface area (Å²) in [6.07, 6.45) is 0. The lowest BCUT2D eigenvalue weighted by molar-refractivity contribution is -0.383. The van der Waals surface area contributed by atoms with E-state index in [0.29, 0.717) is 22.6 Å². The summed E-state index contributed by atoms with van der Waals surface area (Å²) in [5, 5.41) is 23.4. The van der Waals surface area contributed by atoms with Gasteiger partial charge in [0.25, 0.3) is 5.69 Å². The second-order valence-corrected chi connectivity index (χ2v) is 7.45. The van der Waals surface area contributed by atoms with E-state index in [2.05, 4.69) is 0 Å². The van der Waals surface area contributed by atoms with Gasteiger partial charge in [0.05, 0.1) is 35.8 Å². The first-order chi connectivity index (χ1) is 16.4. The number of carbonyl (C=O) groups is 1. The van der Waals surface area contributed by atoms with Crippen molar-refractivity contribution in [3.63, 3.8) is 0 Å². The van der Waals surface area contributed by atoms with Crippen LogP contribution in [0, 0.1) is 10.1 Å². The predicted octanol–water partition coefficient (Wildman–Crippen LogP) is 5.88. The van der Waals surface area contributed by atoms with Crippen molar-refractivity contribution in [2.75, 3.05) is 14.2 Å². The number of hydrogen-bond donors (Lipinski definition) is 1. The van der Waals surface area contributed by atoms with Gasteiger partial charge in [0.15, 0.2) is 5.78 Å². The summed E-state index contributed by atoms with van der Waals surface area (Å²) >= 11 is 0. The average Bonchev–Trinajstić information content (AvgIpc) is 2.88. The lowest BCUT2D eigenvalue weighted by Gasteiger charge is -2.16. The molecule has 4 aromatic carbocycles. The smallest absolute Gasteiger partial charge is 0.285 e. The standard InChI is InChI=1S/C27H21NO6/c1-33-20-12-8-18(9-13-20)24-25(27(30)19-10-14-21(34-2)15-11-19)23(29)16-22(26(24)28(31)32)17-6-4-3-5-7-17/h3-16,29H,1-2H3. The molecular weight excluding hydrogens is 434 g/mol. The number of hydrogen-bond acceptors (Lipinski definition) is 6. The number of phenolic OH excluding ortho intramolecular Hbond substituents is 1. The number of nitro benzene ring substituents is 1. The molecule has 0 aromatic heterocycles. The van der Waals surface area contributed by atoms with Gasteiger partial charge in [0.1, 0.15) is 17.2 Å². The van der Waals surface area contributed by atoms with Crippen LogP contribution in [0.4, 0.5) is 5.69 Å². The predicted molar refractivity (Wildman–Crippen MR) is 129 cm³/mol. The van der Waals surface area contributed by atoms with E-state index in [9.17, 15) is 20.0 Å².